The van der Waals surface area contributed by atoms with Gasteiger partial charge in [0.05, 0.1) is 17.5 Å². The van der Waals surface area contributed by atoms with Gasteiger partial charge in [-0.2, -0.15) is 5.10 Å². The fourth-order valence-corrected chi connectivity index (χ4v) is 5.81. The van der Waals surface area contributed by atoms with Crippen LogP contribution in [0.3, 0.4) is 0 Å². The van der Waals surface area contributed by atoms with Gasteiger partial charge in [0.1, 0.15) is 13.2 Å². The van der Waals surface area contributed by atoms with Crippen LogP contribution in [0.25, 0.3) is 11.3 Å². The number of ether oxygens (including phenoxy) is 2. The molecular weight excluding hydrogens is 396 g/mol. The van der Waals surface area contributed by atoms with Gasteiger partial charge < -0.3 is 19.3 Å². The molecule has 4 aliphatic rings. The highest BCUT2D eigenvalue weighted by Crippen LogP contribution is 2.39. The van der Waals surface area contributed by atoms with Crippen molar-refractivity contribution >= 4 is 11.8 Å². The van der Waals surface area contributed by atoms with E-state index in [0.29, 0.717) is 67.5 Å². The fourth-order valence-electron chi connectivity index (χ4n) is 5.81. The number of carbonyl (C=O) groups excluding carboxylic acids is 2. The van der Waals surface area contributed by atoms with E-state index >= 15 is 0 Å². The number of aromatic nitrogens is 2. The van der Waals surface area contributed by atoms with Crippen LogP contribution in [-0.2, 0) is 4.79 Å². The Kier molecular flexibility index (Phi) is 4.40. The molecule has 31 heavy (non-hydrogen) atoms. The minimum absolute atomic E-state index is 0.00363. The van der Waals surface area contributed by atoms with Gasteiger partial charge in [0.15, 0.2) is 11.5 Å². The lowest BCUT2D eigenvalue weighted by molar-refractivity contribution is -0.144. The molecule has 3 fully saturated rings. The Labute approximate surface area is 180 Å². The molecule has 1 aromatic heterocycles. The standard InChI is InChI=1S/C23H26N4O4/c28-21-3-1-2-18-16-8-14(12-27(18)21)11-26(13-16)23(29)17-10-24-25-22(17)15-4-5-19-20(9-15)31-7-6-30-19/h4-5,9-10,14,16,18H,1-3,6-8,11-13H2,(H,24,25)/t14-,16-,18+/m0/s1. The van der Waals surface area contributed by atoms with Crippen LogP contribution in [0.1, 0.15) is 36.0 Å². The zero-order valence-electron chi connectivity index (χ0n) is 17.4. The predicted molar refractivity (Wildman–Crippen MR) is 112 cm³/mol. The molecule has 1 N–H and O–H groups in total. The maximum Gasteiger partial charge on any atom is 0.257 e. The van der Waals surface area contributed by atoms with Gasteiger partial charge in [-0.1, -0.05) is 0 Å². The highest BCUT2D eigenvalue weighted by Gasteiger charge is 2.45. The minimum Gasteiger partial charge on any atom is -0.486 e. The summed E-state index contributed by atoms with van der Waals surface area (Å²) in [6, 6.07) is 5.98. The van der Waals surface area contributed by atoms with Gasteiger partial charge in [-0.15, -0.1) is 0 Å². The number of nitrogens with one attached hydrogen (secondary N) is 1. The summed E-state index contributed by atoms with van der Waals surface area (Å²) in [5, 5.41) is 7.18. The Morgan fingerprint density at radius 1 is 1.13 bits per heavy atom. The number of amides is 2. The van der Waals surface area contributed by atoms with Crippen LogP contribution >= 0.6 is 0 Å². The summed E-state index contributed by atoms with van der Waals surface area (Å²) in [4.78, 5) is 30.0. The lowest BCUT2D eigenvalue weighted by atomic mass is 9.76. The Morgan fingerprint density at radius 3 is 2.90 bits per heavy atom. The molecule has 2 amide bonds. The second-order valence-corrected chi connectivity index (χ2v) is 9.09. The first kappa shape index (κ1) is 18.7. The number of aromatic amines is 1. The number of likely N-dealkylation sites (tertiary alicyclic amines) is 1. The number of piperidine rings is 3. The topological polar surface area (TPSA) is 87.8 Å². The van der Waals surface area contributed by atoms with Crippen LogP contribution < -0.4 is 9.47 Å². The maximum absolute atomic E-state index is 13.5. The molecule has 0 aliphatic carbocycles. The van der Waals surface area contributed by atoms with Gasteiger partial charge in [0.25, 0.3) is 5.91 Å². The molecule has 0 saturated carbocycles. The molecular formula is C23H26N4O4. The summed E-state index contributed by atoms with van der Waals surface area (Å²) in [7, 11) is 0. The fraction of sp³-hybridized carbons (Fsp3) is 0.522. The first-order valence-electron chi connectivity index (χ1n) is 11.2. The van der Waals surface area contributed by atoms with Crippen molar-refractivity contribution in [3.63, 3.8) is 0 Å². The monoisotopic (exact) mass is 422 g/mol. The molecule has 0 spiro atoms. The van der Waals surface area contributed by atoms with Gasteiger partial charge in [0, 0.05) is 37.7 Å². The largest absolute Gasteiger partial charge is 0.486 e. The number of hydrogen-bond donors (Lipinski definition) is 1. The quantitative estimate of drug-likeness (QED) is 0.803. The highest BCUT2D eigenvalue weighted by atomic mass is 16.6. The first-order chi connectivity index (χ1) is 15.2. The number of nitrogens with zero attached hydrogens (tertiary/aromatic N) is 3. The molecule has 2 bridgehead atoms. The molecule has 0 unspecified atom stereocenters. The number of benzene rings is 1. The number of carbonyl (C=O) groups is 2. The summed E-state index contributed by atoms with van der Waals surface area (Å²) in [6.07, 6.45) is 5.42. The average molecular weight is 422 g/mol. The van der Waals surface area contributed by atoms with Gasteiger partial charge in [-0.25, -0.2) is 0 Å². The molecule has 0 radical (unpaired) electrons. The smallest absolute Gasteiger partial charge is 0.257 e. The molecule has 162 valence electrons. The number of rotatable bonds is 2. The number of H-pyrrole nitrogens is 1. The summed E-state index contributed by atoms with van der Waals surface area (Å²) in [6.45, 7) is 3.24. The summed E-state index contributed by atoms with van der Waals surface area (Å²) >= 11 is 0. The molecule has 6 rings (SSSR count). The van der Waals surface area contributed by atoms with Crippen molar-refractivity contribution in [2.75, 3.05) is 32.8 Å². The molecule has 4 aliphatic heterocycles. The normalized spacial score (nSPS) is 27.1. The summed E-state index contributed by atoms with van der Waals surface area (Å²) in [5.41, 5.74) is 2.13. The van der Waals surface area contributed by atoms with Crippen LogP contribution in [0.2, 0.25) is 0 Å². The van der Waals surface area contributed by atoms with Crippen molar-refractivity contribution in [2.24, 2.45) is 11.8 Å². The predicted octanol–water partition coefficient (Wildman–Crippen LogP) is 2.32. The molecule has 1 aromatic carbocycles. The SMILES string of the molecule is O=C(c1cn[nH]c1-c1ccc2c(c1)OCCO2)N1C[C@@H]2C[C@@H](C1)[C@H]1CCCC(=O)N1C2. The molecule has 8 heteroatoms. The van der Waals surface area contributed by atoms with Crippen molar-refractivity contribution in [3.05, 3.63) is 30.0 Å². The van der Waals surface area contributed by atoms with Crippen LogP contribution in [0, 0.1) is 11.8 Å². The summed E-state index contributed by atoms with van der Waals surface area (Å²) in [5.74, 6) is 2.42. The van der Waals surface area contributed by atoms with Gasteiger partial charge in [-0.05, 0) is 49.3 Å². The van der Waals surface area contributed by atoms with Gasteiger partial charge >= 0.3 is 0 Å². The van der Waals surface area contributed by atoms with Crippen molar-refractivity contribution < 1.29 is 19.1 Å². The Balaban J connectivity index is 1.25. The lowest BCUT2D eigenvalue weighted by Gasteiger charge is -2.52. The van der Waals surface area contributed by atoms with Gasteiger partial charge in [0.2, 0.25) is 5.91 Å². The maximum atomic E-state index is 13.5. The van der Waals surface area contributed by atoms with Crippen LogP contribution in [-0.4, -0.2) is 70.7 Å². The minimum atomic E-state index is 0.00363. The molecule has 2 aromatic rings. The molecule has 3 saturated heterocycles. The second-order valence-electron chi connectivity index (χ2n) is 9.09. The van der Waals surface area contributed by atoms with E-state index in [2.05, 4.69) is 15.1 Å². The summed E-state index contributed by atoms with van der Waals surface area (Å²) < 4.78 is 11.3. The second kappa shape index (κ2) is 7.28. The first-order valence-corrected chi connectivity index (χ1v) is 11.2. The van der Waals surface area contributed by atoms with Crippen LogP contribution in [0.4, 0.5) is 0 Å². The average Bonchev–Trinajstić information content (AvgIpc) is 3.29. The van der Waals surface area contributed by atoms with E-state index in [4.69, 9.17) is 9.47 Å². The molecule has 5 heterocycles. The van der Waals surface area contributed by atoms with Crippen molar-refractivity contribution in [1.29, 1.82) is 0 Å². The van der Waals surface area contributed by atoms with Crippen molar-refractivity contribution in [1.82, 2.24) is 20.0 Å². The van der Waals surface area contributed by atoms with E-state index in [1.807, 2.05) is 23.1 Å². The van der Waals surface area contributed by atoms with E-state index in [-0.39, 0.29) is 11.9 Å². The molecule has 3 atom stereocenters. The van der Waals surface area contributed by atoms with E-state index in [1.165, 1.54) is 0 Å². The highest BCUT2D eigenvalue weighted by molar-refractivity contribution is 6.00. The molecule has 8 nitrogen and oxygen atoms in total. The van der Waals surface area contributed by atoms with E-state index < -0.39 is 0 Å². The van der Waals surface area contributed by atoms with Crippen LogP contribution in [0.15, 0.2) is 24.4 Å². The lowest BCUT2D eigenvalue weighted by Crippen LogP contribution is -2.61. The third-order valence-electron chi connectivity index (χ3n) is 7.17. The van der Waals surface area contributed by atoms with Gasteiger partial charge in [-0.3, -0.25) is 14.7 Å². The van der Waals surface area contributed by atoms with Crippen molar-refractivity contribution in [3.8, 4) is 22.8 Å². The number of fused-ring (bicyclic) bond motifs is 5. The Bertz CT molecular complexity index is 1030. The Morgan fingerprint density at radius 2 is 2.00 bits per heavy atom. The van der Waals surface area contributed by atoms with E-state index in [0.717, 1.165) is 37.1 Å². The zero-order valence-corrected chi connectivity index (χ0v) is 17.4. The van der Waals surface area contributed by atoms with Crippen molar-refractivity contribution in [2.45, 2.75) is 31.7 Å². The third kappa shape index (κ3) is 3.16. The zero-order chi connectivity index (χ0) is 20.9. The van der Waals surface area contributed by atoms with Crippen LogP contribution in [0.5, 0.6) is 11.5 Å². The van der Waals surface area contributed by atoms with E-state index in [9.17, 15) is 9.59 Å². The number of hydrogen-bond acceptors (Lipinski definition) is 5. The Hall–Kier alpha value is -3.03. The van der Waals surface area contributed by atoms with E-state index in [1.54, 1.807) is 6.20 Å². The third-order valence-corrected chi connectivity index (χ3v) is 7.17.